The first-order valence-corrected chi connectivity index (χ1v) is 10.3. The predicted molar refractivity (Wildman–Crippen MR) is 117 cm³/mol. The molecule has 7 nitrogen and oxygen atoms in total. The number of hydrogen-bond donors (Lipinski definition) is 1. The number of pyridine rings is 1. The number of nitriles is 1. The Morgan fingerprint density at radius 1 is 1.00 bits per heavy atom. The summed E-state index contributed by atoms with van der Waals surface area (Å²) in [5, 5.41) is 20.4. The van der Waals surface area contributed by atoms with Gasteiger partial charge in [-0.15, -0.1) is 0 Å². The lowest BCUT2D eigenvalue weighted by Crippen LogP contribution is -2.43. The number of nitrogens with one attached hydrogen (secondary N) is 1. The van der Waals surface area contributed by atoms with Crippen LogP contribution in [-0.4, -0.2) is 50.5 Å². The van der Waals surface area contributed by atoms with Gasteiger partial charge in [-0.2, -0.15) is 15.5 Å². The van der Waals surface area contributed by atoms with Crippen molar-refractivity contribution >= 4 is 5.52 Å². The molecule has 0 atom stereocenters. The van der Waals surface area contributed by atoms with E-state index < -0.39 is 11.6 Å². The smallest absolute Gasteiger partial charge is 0.130 e. The molecule has 9 heteroatoms. The SMILES string of the molecule is Cn1cc(-c2ccc3c(C#N)cnn3c2)cn1.Fc1cccc(F)c1CN1CCNCC1. The molecule has 1 aliphatic rings. The van der Waals surface area contributed by atoms with Crippen molar-refractivity contribution in [2.75, 3.05) is 26.2 Å². The van der Waals surface area contributed by atoms with Gasteiger partial charge in [0.1, 0.15) is 17.7 Å². The minimum Gasteiger partial charge on any atom is -0.314 e. The zero-order valence-corrected chi connectivity index (χ0v) is 17.7. The second-order valence-electron chi connectivity index (χ2n) is 7.55. The Kier molecular flexibility index (Phi) is 6.54. The monoisotopic (exact) mass is 435 g/mol. The zero-order valence-electron chi connectivity index (χ0n) is 17.7. The number of nitrogens with zero attached hydrogens (tertiary/aromatic N) is 6. The number of hydrogen-bond acceptors (Lipinski definition) is 5. The Morgan fingerprint density at radius 3 is 2.41 bits per heavy atom. The first-order valence-electron chi connectivity index (χ1n) is 10.3. The molecule has 1 aromatic carbocycles. The average molecular weight is 435 g/mol. The van der Waals surface area contributed by atoms with Gasteiger partial charge in [0, 0.05) is 68.9 Å². The van der Waals surface area contributed by atoms with E-state index in [0.29, 0.717) is 12.1 Å². The van der Waals surface area contributed by atoms with Crippen molar-refractivity contribution in [3.05, 3.63) is 77.9 Å². The zero-order chi connectivity index (χ0) is 22.5. The normalized spacial score (nSPS) is 14.1. The molecule has 0 unspecified atom stereocenters. The highest BCUT2D eigenvalue weighted by molar-refractivity contribution is 5.67. The summed E-state index contributed by atoms with van der Waals surface area (Å²) >= 11 is 0. The summed E-state index contributed by atoms with van der Waals surface area (Å²) in [4.78, 5) is 2.05. The van der Waals surface area contributed by atoms with Gasteiger partial charge in [0.15, 0.2) is 0 Å². The van der Waals surface area contributed by atoms with Crippen molar-refractivity contribution in [2.24, 2.45) is 7.05 Å². The molecule has 3 aromatic heterocycles. The molecule has 4 heterocycles. The first-order chi connectivity index (χ1) is 15.5. The van der Waals surface area contributed by atoms with E-state index in [1.807, 2.05) is 31.6 Å². The Hall–Kier alpha value is -3.61. The number of halogens is 2. The molecule has 0 amide bonds. The molecular weight excluding hydrogens is 412 g/mol. The van der Waals surface area contributed by atoms with Crippen molar-refractivity contribution in [3.63, 3.8) is 0 Å². The van der Waals surface area contributed by atoms with E-state index in [-0.39, 0.29) is 5.56 Å². The highest BCUT2D eigenvalue weighted by atomic mass is 19.1. The van der Waals surface area contributed by atoms with E-state index in [1.165, 1.54) is 18.2 Å². The van der Waals surface area contributed by atoms with E-state index in [0.717, 1.165) is 42.8 Å². The third-order valence-corrected chi connectivity index (χ3v) is 5.33. The van der Waals surface area contributed by atoms with Crippen LogP contribution < -0.4 is 5.32 Å². The van der Waals surface area contributed by atoms with Gasteiger partial charge in [-0.1, -0.05) is 12.1 Å². The summed E-state index contributed by atoms with van der Waals surface area (Å²) in [6, 6.07) is 9.98. The van der Waals surface area contributed by atoms with Gasteiger partial charge in [0.05, 0.1) is 23.5 Å². The summed E-state index contributed by atoms with van der Waals surface area (Å²) in [5.74, 6) is -0.901. The van der Waals surface area contributed by atoms with Gasteiger partial charge in [0.25, 0.3) is 0 Å². The van der Waals surface area contributed by atoms with Gasteiger partial charge >= 0.3 is 0 Å². The number of rotatable bonds is 3. The first kappa shape index (κ1) is 21.6. The van der Waals surface area contributed by atoms with Gasteiger partial charge in [-0.3, -0.25) is 9.58 Å². The molecule has 32 heavy (non-hydrogen) atoms. The van der Waals surface area contributed by atoms with Crippen LogP contribution in [0.25, 0.3) is 16.6 Å². The third-order valence-electron chi connectivity index (χ3n) is 5.33. The quantitative estimate of drug-likeness (QED) is 0.536. The average Bonchev–Trinajstić information content (AvgIpc) is 3.43. The van der Waals surface area contributed by atoms with Crippen LogP contribution in [0.5, 0.6) is 0 Å². The Morgan fingerprint density at radius 2 is 1.75 bits per heavy atom. The fraction of sp³-hybridized carbons (Fsp3) is 0.261. The lowest BCUT2D eigenvalue weighted by atomic mass is 10.1. The number of fused-ring (bicyclic) bond motifs is 1. The van der Waals surface area contributed by atoms with Crippen LogP contribution in [-0.2, 0) is 13.6 Å². The van der Waals surface area contributed by atoms with E-state index in [2.05, 4.69) is 26.5 Å². The second-order valence-corrected chi connectivity index (χ2v) is 7.55. The Balaban J connectivity index is 0.000000155. The van der Waals surface area contributed by atoms with Gasteiger partial charge in [-0.25, -0.2) is 13.3 Å². The summed E-state index contributed by atoms with van der Waals surface area (Å²) < 4.78 is 30.1. The topological polar surface area (TPSA) is 74.2 Å². The van der Waals surface area contributed by atoms with Crippen LogP contribution in [0.3, 0.4) is 0 Å². The van der Waals surface area contributed by atoms with Crippen molar-refractivity contribution in [3.8, 4) is 17.2 Å². The van der Waals surface area contributed by atoms with Crippen molar-refractivity contribution < 1.29 is 8.78 Å². The van der Waals surface area contributed by atoms with Crippen LogP contribution in [0.1, 0.15) is 11.1 Å². The predicted octanol–water partition coefficient (Wildman–Crippen LogP) is 2.98. The standard InChI is InChI=1S/C12H9N5.C11H14F2N2/c1-16-7-11(6-14-16)9-2-3-12-10(4-13)5-15-17(12)8-9;12-10-2-1-3-11(13)9(10)8-15-6-4-14-5-7-15/h2-3,5-8H,1H3;1-3,14H,4-8H2. The summed E-state index contributed by atoms with van der Waals surface area (Å²) in [7, 11) is 1.88. The van der Waals surface area contributed by atoms with Crippen LogP contribution in [0.2, 0.25) is 0 Å². The fourth-order valence-electron chi connectivity index (χ4n) is 3.59. The molecule has 5 rings (SSSR count). The van der Waals surface area contributed by atoms with Crippen LogP contribution >= 0.6 is 0 Å². The van der Waals surface area contributed by atoms with E-state index in [4.69, 9.17) is 5.26 Å². The summed E-state index contributed by atoms with van der Waals surface area (Å²) in [6.45, 7) is 3.81. The van der Waals surface area contributed by atoms with Crippen LogP contribution in [0, 0.1) is 23.0 Å². The molecule has 1 N–H and O–H groups in total. The molecule has 0 aliphatic carbocycles. The van der Waals surface area contributed by atoms with Gasteiger partial charge in [-0.05, 0) is 18.2 Å². The molecule has 0 radical (unpaired) electrons. The Bertz CT molecular complexity index is 1230. The van der Waals surface area contributed by atoms with Crippen LogP contribution in [0.15, 0.2) is 55.1 Å². The molecule has 0 bridgehead atoms. The minimum absolute atomic E-state index is 0.180. The molecule has 164 valence electrons. The van der Waals surface area contributed by atoms with E-state index >= 15 is 0 Å². The molecule has 0 saturated carbocycles. The maximum atomic E-state index is 13.3. The summed E-state index contributed by atoms with van der Waals surface area (Å²) in [5.41, 5.74) is 3.64. The molecular formula is C23H23F2N7. The maximum Gasteiger partial charge on any atom is 0.130 e. The largest absolute Gasteiger partial charge is 0.314 e. The number of piperazine rings is 1. The minimum atomic E-state index is -0.450. The summed E-state index contributed by atoms with van der Waals surface area (Å²) in [6.07, 6.45) is 7.21. The van der Waals surface area contributed by atoms with Gasteiger partial charge in [0.2, 0.25) is 0 Å². The number of aryl methyl sites for hydroxylation is 1. The van der Waals surface area contributed by atoms with Crippen molar-refractivity contribution in [2.45, 2.75) is 6.54 Å². The number of benzene rings is 1. The molecule has 4 aromatic rings. The maximum absolute atomic E-state index is 13.3. The molecule has 1 fully saturated rings. The molecule has 1 saturated heterocycles. The van der Waals surface area contributed by atoms with Crippen LogP contribution in [0.4, 0.5) is 8.78 Å². The van der Waals surface area contributed by atoms with E-state index in [1.54, 1.807) is 21.6 Å². The van der Waals surface area contributed by atoms with E-state index in [9.17, 15) is 8.78 Å². The Labute approximate surface area is 184 Å². The van der Waals surface area contributed by atoms with Crippen molar-refractivity contribution in [1.29, 1.82) is 5.26 Å². The molecule has 0 spiro atoms. The fourth-order valence-corrected chi connectivity index (χ4v) is 3.59. The molecule has 1 aliphatic heterocycles. The number of aromatic nitrogens is 4. The van der Waals surface area contributed by atoms with Gasteiger partial charge < -0.3 is 5.32 Å². The highest BCUT2D eigenvalue weighted by Crippen LogP contribution is 2.20. The lowest BCUT2D eigenvalue weighted by Gasteiger charge is -2.27. The second kappa shape index (κ2) is 9.68. The lowest BCUT2D eigenvalue weighted by molar-refractivity contribution is 0.227. The van der Waals surface area contributed by atoms with Crippen molar-refractivity contribution in [1.82, 2.24) is 29.6 Å². The highest BCUT2D eigenvalue weighted by Gasteiger charge is 2.15. The third kappa shape index (κ3) is 4.82.